The Morgan fingerprint density at radius 2 is 1.94 bits per heavy atom. The highest BCUT2D eigenvalue weighted by atomic mass is 35.5. The molecule has 0 aliphatic heterocycles. The summed E-state index contributed by atoms with van der Waals surface area (Å²) in [6.45, 7) is 8.96. The second-order valence-corrected chi connectivity index (χ2v) is 7.91. The van der Waals surface area contributed by atoms with E-state index < -0.39 is 11.5 Å². The summed E-state index contributed by atoms with van der Waals surface area (Å²) in [6, 6.07) is 5.91. The first-order valence-corrected chi connectivity index (χ1v) is 10.4. The van der Waals surface area contributed by atoms with E-state index >= 15 is 0 Å². The quantitative estimate of drug-likeness (QED) is 0.499. The third-order valence-electron chi connectivity index (χ3n) is 5.41. The summed E-state index contributed by atoms with van der Waals surface area (Å²) in [5.74, 6) is -0.454. The summed E-state index contributed by atoms with van der Waals surface area (Å²) >= 11 is 6.36. The average Bonchev–Trinajstić information content (AvgIpc) is 3.27. The highest BCUT2D eigenvalue weighted by molar-refractivity contribution is 6.36. The van der Waals surface area contributed by atoms with Crippen molar-refractivity contribution in [3.63, 3.8) is 0 Å². The molecule has 0 radical (unpaired) electrons. The molecule has 4 aromatic rings. The van der Waals surface area contributed by atoms with Gasteiger partial charge in [0.1, 0.15) is 5.02 Å². The highest BCUT2D eigenvalue weighted by Gasteiger charge is 2.21. The maximum atomic E-state index is 12.7. The number of hydrogen-bond acceptors (Lipinski definition) is 4. The molecule has 1 aromatic carbocycles. The fourth-order valence-corrected chi connectivity index (χ4v) is 3.70. The smallest absolute Gasteiger partial charge is 0.276 e. The maximum absolute atomic E-state index is 12.7. The molecule has 0 bridgehead atoms. The minimum atomic E-state index is -0.454. The molecule has 0 spiro atoms. The average molecular weight is 439 g/mol. The number of rotatable bonds is 5. The number of amides is 1. The van der Waals surface area contributed by atoms with Crippen LogP contribution in [0.1, 0.15) is 39.8 Å². The standard InChI is InChI=1S/C22H23ClN6O2/c1-5-28-10-16(14(4)26-28)9-24-21(30)19-18(23)20-22(31)25-17(11-29(20)27-19)15-7-6-12(2)13(3)8-15/h6-8,10-11H,5,9H2,1-4H3,(H,24,30)(H,25,31). The van der Waals surface area contributed by atoms with E-state index in [1.54, 1.807) is 6.20 Å². The van der Waals surface area contributed by atoms with Crippen LogP contribution in [0.25, 0.3) is 16.8 Å². The van der Waals surface area contributed by atoms with E-state index in [2.05, 4.69) is 20.5 Å². The summed E-state index contributed by atoms with van der Waals surface area (Å²) in [7, 11) is 0. The van der Waals surface area contributed by atoms with Crippen LogP contribution in [0.3, 0.4) is 0 Å². The lowest BCUT2D eigenvalue weighted by Gasteiger charge is -2.06. The van der Waals surface area contributed by atoms with Crippen LogP contribution in [-0.4, -0.2) is 30.3 Å². The molecule has 0 fully saturated rings. The van der Waals surface area contributed by atoms with Crippen LogP contribution in [0.15, 0.2) is 35.4 Å². The summed E-state index contributed by atoms with van der Waals surface area (Å²) in [4.78, 5) is 28.3. The van der Waals surface area contributed by atoms with Crippen LogP contribution < -0.4 is 10.9 Å². The SMILES string of the molecule is CCn1cc(CNC(=O)c2nn3cc(-c4ccc(C)c(C)c4)[nH]c(=O)c3c2Cl)c(C)n1. The van der Waals surface area contributed by atoms with Crippen LogP contribution in [0.4, 0.5) is 0 Å². The van der Waals surface area contributed by atoms with E-state index in [4.69, 9.17) is 11.6 Å². The molecule has 0 unspecified atom stereocenters. The number of benzene rings is 1. The molecular formula is C22H23ClN6O2. The van der Waals surface area contributed by atoms with E-state index in [0.717, 1.165) is 34.5 Å². The van der Waals surface area contributed by atoms with Crippen LogP contribution in [0, 0.1) is 20.8 Å². The van der Waals surface area contributed by atoms with Gasteiger partial charge in [0.05, 0.1) is 17.6 Å². The van der Waals surface area contributed by atoms with Gasteiger partial charge in [0, 0.05) is 24.8 Å². The normalized spacial score (nSPS) is 11.3. The molecular weight excluding hydrogens is 416 g/mol. The predicted octanol–water partition coefficient (Wildman–Crippen LogP) is 3.41. The lowest BCUT2D eigenvalue weighted by Crippen LogP contribution is -2.23. The Balaban J connectivity index is 1.65. The van der Waals surface area contributed by atoms with Gasteiger partial charge in [0.2, 0.25) is 0 Å². The predicted molar refractivity (Wildman–Crippen MR) is 120 cm³/mol. The fourth-order valence-electron chi connectivity index (χ4n) is 3.40. The van der Waals surface area contributed by atoms with Gasteiger partial charge in [-0.2, -0.15) is 10.2 Å². The first-order chi connectivity index (χ1) is 14.8. The molecule has 0 aliphatic carbocycles. The molecule has 8 nitrogen and oxygen atoms in total. The molecule has 160 valence electrons. The number of carbonyl (C=O) groups excluding carboxylic acids is 1. The van der Waals surface area contributed by atoms with Crippen molar-refractivity contribution in [2.24, 2.45) is 0 Å². The van der Waals surface area contributed by atoms with E-state index in [-0.39, 0.29) is 16.2 Å². The van der Waals surface area contributed by atoms with E-state index in [1.807, 2.05) is 56.8 Å². The van der Waals surface area contributed by atoms with Crippen LogP contribution in [0.5, 0.6) is 0 Å². The van der Waals surface area contributed by atoms with Crippen molar-refractivity contribution >= 4 is 23.0 Å². The number of nitrogens with zero attached hydrogens (tertiary/aromatic N) is 4. The zero-order valence-corrected chi connectivity index (χ0v) is 18.5. The van der Waals surface area contributed by atoms with Crippen LogP contribution in [0.2, 0.25) is 5.02 Å². The van der Waals surface area contributed by atoms with Crippen molar-refractivity contribution in [2.75, 3.05) is 0 Å². The lowest BCUT2D eigenvalue weighted by molar-refractivity contribution is 0.0945. The van der Waals surface area contributed by atoms with Crippen molar-refractivity contribution in [3.05, 3.63) is 74.0 Å². The number of carbonyl (C=O) groups is 1. The van der Waals surface area contributed by atoms with Gasteiger partial charge in [0.15, 0.2) is 11.2 Å². The van der Waals surface area contributed by atoms with Crippen molar-refractivity contribution in [1.29, 1.82) is 0 Å². The van der Waals surface area contributed by atoms with Gasteiger partial charge in [-0.25, -0.2) is 4.52 Å². The third-order valence-corrected chi connectivity index (χ3v) is 5.77. The van der Waals surface area contributed by atoms with Crippen molar-refractivity contribution in [1.82, 2.24) is 29.7 Å². The largest absolute Gasteiger partial charge is 0.346 e. The van der Waals surface area contributed by atoms with Gasteiger partial charge in [-0.3, -0.25) is 14.3 Å². The van der Waals surface area contributed by atoms with Crippen molar-refractivity contribution in [2.45, 2.75) is 40.8 Å². The zero-order chi connectivity index (χ0) is 22.3. The lowest BCUT2D eigenvalue weighted by atomic mass is 10.0. The Bertz CT molecular complexity index is 1360. The molecule has 4 rings (SSSR count). The van der Waals surface area contributed by atoms with E-state index in [1.165, 1.54) is 4.52 Å². The molecule has 0 atom stereocenters. The van der Waals surface area contributed by atoms with E-state index in [9.17, 15) is 9.59 Å². The minimum absolute atomic E-state index is 0.00457. The number of fused-ring (bicyclic) bond motifs is 1. The number of aryl methyl sites for hydroxylation is 4. The molecule has 9 heteroatoms. The Kier molecular flexibility index (Phi) is 5.41. The first-order valence-electron chi connectivity index (χ1n) is 9.98. The Morgan fingerprint density at radius 1 is 1.16 bits per heavy atom. The van der Waals surface area contributed by atoms with Gasteiger partial charge in [0.25, 0.3) is 11.5 Å². The summed E-state index contributed by atoms with van der Waals surface area (Å²) < 4.78 is 3.17. The topological polar surface area (TPSA) is 97.1 Å². The van der Waals surface area contributed by atoms with Gasteiger partial charge in [-0.15, -0.1) is 0 Å². The number of nitrogens with one attached hydrogen (secondary N) is 2. The molecule has 0 saturated heterocycles. The molecule has 3 aromatic heterocycles. The Labute approximate surface area is 183 Å². The number of halogens is 1. The first kappa shape index (κ1) is 20.9. The highest BCUT2D eigenvalue weighted by Crippen LogP contribution is 2.23. The van der Waals surface area contributed by atoms with Crippen LogP contribution in [-0.2, 0) is 13.1 Å². The Hall–Kier alpha value is -3.39. The zero-order valence-electron chi connectivity index (χ0n) is 17.8. The van der Waals surface area contributed by atoms with Gasteiger partial charge in [-0.1, -0.05) is 23.7 Å². The summed E-state index contributed by atoms with van der Waals surface area (Å²) in [5.41, 5.74) is 5.19. The molecule has 0 aliphatic rings. The number of H-pyrrole nitrogens is 1. The second kappa shape index (κ2) is 8.03. The fraction of sp³-hybridized carbons (Fsp3) is 0.273. The minimum Gasteiger partial charge on any atom is -0.346 e. The number of aromatic amines is 1. The van der Waals surface area contributed by atoms with Gasteiger partial charge < -0.3 is 10.3 Å². The molecule has 2 N–H and O–H groups in total. The summed E-state index contributed by atoms with van der Waals surface area (Å²) in [5, 5.41) is 11.5. The number of hydrogen-bond donors (Lipinski definition) is 2. The number of aromatic nitrogens is 5. The van der Waals surface area contributed by atoms with E-state index in [0.29, 0.717) is 12.2 Å². The molecule has 3 heterocycles. The van der Waals surface area contributed by atoms with Gasteiger partial charge in [-0.05, 0) is 50.5 Å². The second-order valence-electron chi connectivity index (χ2n) is 7.53. The summed E-state index contributed by atoms with van der Waals surface area (Å²) in [6.07, 6.45) is 3.56. The molecule has 0 saturated carbocycles. The maximum Gasteiger partial charge on any atom is 0.276 e. The van der Waals surface area contributed by atoms with Gasteiger partial charge >= 0.3 is 0 Å². The molecule has 31 heavy (non-hydrogen) atoms. The van der Waals surface area contributed by atoms with Crippen molar-refractivity contribution in [3.8, 4) is 11.3 Å². The Morgan fingerprint density at radius 3 is 2.61 bits per heavy atom. The molecule has 1 amide bonds. The monoisotopic (exact) mass is 438 g/mol. The van der Waals surface area contributed by atoms with Crippen LogP contribution >= 0.6 is 11.6 Å². The third kappa shape index (κ3) is 3.86. The van der Waals surface area contributed by atoms with Crippen molar-refractivity contribution < 1.29 is 4.79 Å².